The molecule has 1 aliphatic rings. The number of quaternary nitrogens is 1. The predicted octanol–water partition coefficient (Wildman–Crippen LogP) is 0.250. The first-order valence-corrected chi connectivity index (χ1v) is 6.48. The van der Waals surface area contributed by atoms with Crippen LogP contribution in [0.25, 0.3) is 5.70 Å². The monoisotopic (exact) mass is 290 g/mol. The third kappa shape index (κ3) is 5.39. The molecule has 1 aliphatic heterocycles. The average Bonchev–Trinajstić information content (AvgIpc) is 2.77. The lowest BCUT2D eigenvalue weighted by atomic mass is 10.2. The highest BCUT2D eigenvalue weighted by atomic mass is 35.5. The first kappa shape index (κ1) is 14.8. The van der Waals surface area contributed by atoms with Crippen LogP contribution in [0.4, 0.5) is 0 Å². The summed E-state index contributed by atoms with van der Waals surface area (Å²) in [5, 5.41) is 4.51. The van der Waals surface area contributed by atoms with Crippen LogP contribution in [0.3, 0.4) is 0 Å². The van der Waals surface area contributed by atoms with Crippen LogP contribution in [-0.2, 0) is 14.6 Å². The maximum absolute atomic E-state index is 9.22. The number of rotatable bonds is 2. The van der Waals surface area contributed by atoms with Gasteiger partial charge in [0, 0.05) is 11.6 Å². The molecule has 0 amide bonds. The Morgan fingerprint density at radius 2 is 1.89 bits per heavy atom. The largest absolute Gasteiger partial charge is 0.726 e. The summed E-state index contributed by atoms with van der Waals surface area (Å²) in [4.78, 5) is 0. The molecule has 8 heteroatoms. The third-order valence-electron chi connectivity index (χ3n) is 1.91. The molecule has 0 bridgehead atoms. The Morgan fingerprint density at radius 3 is 2.28 bits per heavy atom. The van der Waals surface area contributed by atoms with Gasteiger partial charge < -0.3 is 4.55 Å². The summed E-state index contributed by atoms with van der Waals surface area (Å²) in [5.74, 6) is 0. The first-order chi connectivity index (χ1) is 8.42. The zero-order chi connectivity index (χ0) is 13.6. The van der Waals surface area contributed by atoms with Gasteiger partial charge in [-0.15, -0.1) is 0 Å². The number of nitrogens with zero attached hydrogens (tertiary/aromatic N) is 1. The van der Waals surface area contributed by atoms with E-state index >= 15 is 0 Å². The summed E-state index contributed by atoms with van der Waals surface area (Å²) in [6.45, 7) is 0. The molecule has 0 atom stereocenters. The van der Waals surface area contributed by atoms with Gasteiger partial charge in [-0.1, -0.05) is 34.9 Å². The normalized spacial score (nSPS) is 14.4. The molecular weight excluding hydrogens is 280 g/mol. The average molecular weight is 291 g/mol. The van der Waals surface area contributed by atoms with Crippen molar-refractivity contribution in [3.63, 3.8) is 0 Å². The van der Waals surface area contributed by atoms with E-state index in [1.54, 1.807) is 5.43 Å². The Morgan fingerprint density at radius 1 is 1.33 bits per heavy atom. The van der Waals surface area contributed by atoms with Crippen molar-refractivity contribution in [1.29, 1.82) is 0 Å². The van der Waals surface area contributed by atoms with Crippen molar-refractivity contribution in [3.8, 4) is 0 Å². The number of halogens is 1. The lowest BCUT2D eigenvalue weighted by Gasteiger charge is -1.98. The Hall–Kier alpha value is -1.25. The predicted molar refractivity (Wildman–Crippen MR) is 66.3 cm³/mol. The molecule has 1 heterocycles. The van der Waals surface area contributed by atoms with Gasteiger partial charge in [0.25, 0.3) is 0 Å². The van der Waals surface area contributed by atoms with Crippen molar-refractivity contribution in [2.45, 2.75) is 0 Å². The molecule has 0 aliphatic carbocycles. The fraction of sp³-hybridized carbons (Fsp3) is 0.100. The summed E-state index contributed by atoms with van der Waals surface area (Å²) < 4.78 is 31.0. The van der Waals surface area contributed by atoms with Crippen molar-refractivity contribution in [2.75, 3.05) is 7.11 Å². The minimum atomic E-state index is -4.41. The Bertz CT molecular complexity index is 555. The van der Waals surface area contributed by atoms with Crippen LogP contribution in [0, 0.1) is 0 Å². The molecule has 6 nitrogen and oxygen atoms in total. The van der Waals surface area contributed by atoms with Gasteiger partial charge >= 0.3 is 0 Å². The summed E-state index contributed by atoms with van der Waals surface area (Å²) >= 11 is 5.70. The molecule has 0 radical (unpaired) electrons. The molecule has 18 heavy (non-hydrogen) atoms. The van der Waals surface area contributed by atoms with Crippen LogP contribution in [0.5, 0.6) is 0 Å². The van der Waals surface area contributed by atoms with Crippen molar-refractivity contribution in [1.82, 2.24) is 0 Å². The zero-order valence-corrected chi connectivity index (χ0v) is 11.0. The Labute approximate surface area is 110 Å². The van der Waals surface area contributed by atoms with Crippen molar-refractivity contribution in [2.24, 2.45) is 5.10 Å². The van der Waals surface area contributed by atoms with Gasteiger partial charge in [-0.3, -0.25) is 4.18 Å². The van der Waals surface area contributed by atoms with E-state index < -0.39 is 10.4 Å². The number of nitrogens with two attached hydrogens (primary N) is 1. The second-order valence-corrected chi connectivity index (χ2v) is 4.66. The maximum Gasteiger partial charge on any atom is 0.217 e. The number of hydrogen-bond acceptors (Lipinski definition) is 5. The minimum Gasteiger partial charge on any atom is -0.726 e. The fourth-order valence-corrected chi connectivity index (χ4v) is 1.29. The molecule has 1 aromatic carbocycles. The van der Waals surface area contributed by atoms with Gasteiger partial charge in [-0.2, -0.15) is 5.43 Å². The summed E-state index contributed by atoms with van der Waals surface area (Å²) in [7, 11) is -3.60. The molecule has 0 saturated carbocycles. The van der Waals surface area contributed by atoms with Gasteiger partial charge in [0.05, 0.1) is 7.11 Å². The van der Waals surface area contributed by atoms with Crippen molar-refractivity contribution >= 4 is 32.9 Å². The second-order valence-electron chi connectivity index (χ2n) is 3.12. The highest BCUT2D eigenvalue weighted by molar-refractivity contribution is 7.80. The number of benzene rings is 1. The van der Waals surface area contributed by atoms with E-state index in [0.29, 0.717) is 5.17 Å². The van der Waals surface area contributed by atoms with E-state index in [1.165, 1.54) is 0 Å². The lowest BCUT2D eigenvalue weighted by molar-refractivity contribution is -0.565. The van der Waals surface area contributed by atoms with Crippen LogP contribution >= 0.6 is 11.6 Å². The van der Waals surface area contributed by atoms with Gasteiger partial charge in [-0.25, -0.2) is 8.42 Å². The van der Waals surface area contributed by atoms with Crippen molar-refractivity contribution < 1.29 is 22.6 Å². The highest BCUT2D eigenvalue weighted by Gasteiger charge is 2.12. The number of hydrogen-bond donors (Lipinski definition) is 1. The van der Waals surface area contributed by atoms with Crippen LogP contribution in [0.1, 0.15) is 5.56 Å². The maximum atomic E-state index is 9.22. The molecule has 2 N–H and O–H groups in total. The van der Waals surface area contributed by atoms with Crippen LogP contribution < -0.4 is 5.43 Å². The van der Waals surface area contributed by atoms with Gasteiger partial charge in [0.15, 0.2) is 10.9 Å². The molecule has 98 valence electrons. The van der Waals surface area contributed by atoms with E-state index in [9.17, 15) is 13.0 Å². The number of allylic oxidation sites excluding steroid dienone is 1. The highest BCUT2D eigenvalue weighted by Crippen LogP contribution is 2.09. The van der Waals surface area contributed by atoms with E-state index in [2.05, 4.69) is 9.28 Å². The summed E-state index contributed by atoms with van der Waals surface area (Å²) in [6.07, 6.45) is 1.86. The standard InChI is InChI=1S/C9H7ClN2.CH4O4S/c10-9-6-8(11-12-9)7-4-2-1-3-5-7;1-5-6(2,3)4/h1-6H,(H,11,12);1H3,(H,2,3,4). The Balaban J connectivity index is 0.000000232. The zero-order valence-electron chi connectivity index (χ0n) is 9.41. The molecule has 0 saturated heterocycles. The summed E-state index contributed by atoms with van der Waals surface area (Å²) in [6, 6.07) is 10.1. The molecular formula is C10H11ClN2O4S. The van der Waals surface area contributed by atoms with Gasteiger partial charge in [0.1, 0.15) is 0 Å². The van der Waals surface area contributed by atoms with Gasteiger partial charge in [-0.05, 0) is 12.1 Å². The van der Waals surface area contributed by atoms with E-state index in [4.69, 9.17) is 11.6 Å². The van der Waals surface area contributed by atoms with Crippen LogP contribution in [0.15, 0.2) is 41.5 Å². The topological polar surface area (TPSA) is 95.4 Å². The lowest BCUT2D eigenvalue weighted by Crippen LogP contribution is -2.72. The van der Waals surface area contributed by atoms with E-state index in [-0.39, 0.29) is 0 Å². The molecule has 1 aromatic rings. The van der Waals surface area contributed by atoms with Crippen LogP contribution in [0.2, 0.25) is 0 Å². The summed E-state index contributed by atoms with van der Waals surface area (Å²) in [5.41, 5.74) is 4.00. The molecule has 0 unspecified atom stereocenters. The van der Waals surface area contributed by atoms with E-state index in [0.717, 1.165) is 18.4 Å². The van der Waals surface area contributed by atoms with Gasteiger partial charge in [0.2, 0.25) is 10.4 Å². The van der Waals surface area contributed by atoms with Crippen LogP contribution in [-0.4, -0.2) is 25.3 Å². The minimum absolute atomic E-state index is 0.550. The molecule has 2 rings (SSSR count). The third-order valence-corrected chi connectivity index (χ3v) is 2.53. The Kier molecular flexibility index (Phi) is 5.45. The molecule has 0 fully saturated rings. The van der Waals surface area contributed by atoms with E-state index in [1.807, 2.05) is 36.4 Å². The second kappa shape index (κ2) is 6.62. The van der Waals surface area contributed by atoms with Crippen molar-refractivity contribution in [3.05, 3.63) is 42.0 Å². The molecule has 0 spiro atoms. The fourth-order valence-electron chi connectivity index (χ4n) is 1.12. The first-order valence-electron chi connectivity index (χ1n) is 4.77. The SMILES string of the molecule is COS(=O)(=O)[O-].ClC1=N[NH2+]C(c2ccccc2)=C1. The quantitative estimate of drug-likeness (QED) is 0.480. The molecule has 0 aromatic heterocycles. The smallest absolute Gasteiger partial charge is 0.217 e.